The lowest BCUT2D eigenvalue weighted by Crippen LogP contribution is -2.36. The number of nitrogens with one attached hydrogen (secondary N) is 1. The second-order valence-corrected chi connectivity index (χ2v) is 13.7. The van der Waals surface area contributed by atoms with Crippen LogP contribution < -0.4 is 10.2 Å². The largest absolute Gasteiger partial charge is 0.380 e. The number of hydrogen-bond acceptors (Lipinski definition) is 8. The number of Topliss-reactive ketones (excluding diaryl/α,β-unsaturated/α-hetero) is 1. The Kier molecular flexibility index (Phi) is 11.7. The van der Waals surface area contributed by atoms with Crippen LogP contribution in [0.2, 0.25) is 0 Å². The van der Waals surface area contributed by atoms with Crippen LogP contribution in [0.3, 0.4) is 0 Å². The van der Waals surface area contributed by atoms with E-state index in [-0.39, 0.29) is 49.5 Å². The third-order valence-electron chi connectivity index (χ3n) is 8.67. The van der Waals surface area contributed by atoms with Gasteiger partial charge in [0.25, 0.3) is 0 Å². The highest BCUT2D eigenvalue weighted by Crippen LogP contribution is 2.41. The van der Waals surface area contributed by atoms with Crippen LogP contribution in [0, 0.1) is 11.3 Å². The van der Waals surface area contributed by atoms with Gasteiger partial charge >= 0.3 is 0 Å². The first-order valence-electron chi connectivity index (χ1n) is 16.3. The van der Waals surface area contributed by atoms with Crippen LogP contribution in [0.5, 0.6) is 0 Å². The SMILES string of the molecule is COCC(O)n1nnc2c1-c1ccccc1CN(C(=O)CCC(=O)NCCC(C)(C)OCCC(C)(C)C(=O)C(C)C)c1ccccc1-2. The molecule has 11 heteroatoms. The van der Waals surface area contributed by atoms with Gasteiger partial charge in [0.15, 0.2) is 6.23 Å². The smallest absolute Gasteiger partial charge is 0.227 e. The van der Waals surface area contributed by atoms with Crippen molar-refractivity contribution in [1.82, 2.24) is 20.3 Å². The summed E-state index contributed by atoms with van der Waals surface area (Å²) in [4.78, 5) is 40.8. The Labute approximate surface area is 277 Å². The number of amides is 2. The number of aromatic nitrogens is 3. The summed E-state index contributed by atoms with van der Waals surface area (Å²) in [5, 5.41) is 22.4. The topological polar surface area (TPSA) is 136 Å². The molecule has 254 valence electrons. The van der Waals surface area contributed by atoms with E-state index in [0.717, 1.165) is 11.1 Å². The van der Waals surface area contributed by atoms with Gasteiger partial charge in [-0.1, -0.05) is 75.4 Å². The highest BCUT2D eigenvalue weighted by atomic mass is 16.5. The number of benzene rings is 2. The summed E-state index contributed by atoms with van der Waals surface area (Å²) in [7, 11) is 1.51. The lowest BCUT2D eigenvalue weighted by molar-refractivity contribution is -0.132. The molecule has 1 aliphatic heterocycles. The zero-order valence-corrected chi connectivity index (χ0v) is 28.7. The van der Waals surface area contributed by atoms with Crippen molar-refractivity contribution in [2.24, 2.45) is 11.3 Å². The molecule has 2 amide bonds. The minimum absolute atomic E-state index is 0.0211. The highest BCUT2D eigenvalue weighted by Gasteiger charge is 2.32. The van der Waals surface area contributed by atoms with E-state index in [1.54, 1.807) is 4.90 Å². The molecule has 3 aromatic rings. The zero-order valence-electron chi connectivity index (χ0n) is 28.7. The highest BCUT2D eigenvalue weighted by molar-refractivity contribution is 6.01. The first-order valence-corrected chi connectivity index (χ1v) is 16.3. The number of carbonyl (C=O) groups is 3. The van der Waals surface area contributed by atoms with E-state index in [1.807, 2.05) is 90.1 Å². The Morgan fingerprint density at radius 3 is 2.36 bits per heavy atom. The summed E-state index contributed by atoms with van der Waals surface area (Å²) in [6.45, 7) is 12.8. The first kappa shape index (κ1) is 35.9. The molecule has 0 bridgehead atoms. The first-order chi connectivity index (χ1) is 22.3. The Morgan fingerprint density at radius 1 is 0.979 bits per heavy atom. The molecule has 11 nitrogen and oxygen atoms in total. The molecule has 1 atom stereocenters. The van der Waals surface area contributed by atoms with Crippen LogP contribution in [-0.4, -0.2) is 70.2 Å². The van der Waals surface area contributed by atoms with Gasteiger partial charge in [0.2, 0.25) is 11.8 Å². The summed E-state index contributed by atoms with van der Waals surface area (Å²) >= 11 is 0. The Bertz CT molecular complexity index is 1560. The lowest BCUT2D eigenvalue weighted by atomic mass is 9.80. The molecule has 2 heterocycles. The number of nitrogens with zero attached hydrogens (tertiary/aromatic N) is 4. The van der Waals surface area contributed by atoms with Crippen LogP contribution in [-0.2, 0) is 30.4 Å². The van der Waals surface area contributed by atoms with Gasteiger partial charge in [-0.2, -0.15) is 0 Å². The van der Waals surface area contributed by atoms with Crippen LogP contribution in [0.15, 0.2) is 48.5 Å². The third-order valence-corrected chi connectivity index (χ3v) is 8.67. The normalized spacial score (nSPS) is 13.7. The number of hydrogen-bond donors (Lipinski definition) is 2. The number of rotatable bonds is 15. The zero-order chi connectivity index (χ0) is 34.4. The monoisotopic (exact) mass is 647 g/mol. The van der Waals surface area contributed by atoms with Gasteiger partial charge in [-0.3, -0.25) is 14.4 Å². The third kappa shape index (κ3) is 8.71. The molecule has 1 unspecified atom stereocenters. The molecule has 4 rings (SSSR count). The van der Waals surface area contributed by atoms with Crippen molar-refractivity contribution < 1.29 is 29.0 Å². The molecule has 0 aliphatic carbocycles. The van der Waals surface area contributed by atoms with E-state index in [0.29, 0.717) is 48.6 Å². The molecule has 0 saturated heterocycles. The molecule has 2 aromatic carbocycles. The molecule has 1 aromatic heterocycles. The number of fused-ring (bicyclic) bond motifs is 5. The van der Waals surface area contributed by atoms with Crippen LogP contribution in [0.25, 0.3) is 22.5 Å². The van der Waals surface area contributed by atoms with Crippen molar-refractivity contribution in [3.8, 4) is 22.5 Å². The fourth-order valence-corrected chi connectivity index (χ4v) is 5.94. The average molecular weight is 648 g/mol. The van der Waals surface area contributed by atoms with Gasteiger partial charge in [-0.25, -0.2) is 4.68 Å². The van der Waals surface area contributed by atoms with E-state index in [9.17, 15) is 19.5 Å². The maximum atomic E-state index is 13.8. The fourth-order valence-electron chi connectivity index (χ4n) is 5.94. The van der Waals surface area contributed by atoms with E-state index in [2.05, 4.69) is 15.6 Å². The van der Waals surface area contributed by atoms with Crippen molar-refractivity contribution in [2.45, 2.75) is 85.6 Å². The summed E-state index contributed by atoms with van der Waals surface area (Å²) in [6, 6.07) is 15.1. The number of aliphatic hydroxyl groups excluding tert-OH is 1. The van der Waals surface area contributed by atoms with Crippen molar-refractivity contribution >= 4 is 23.3 Å². The second-order valence-electron chi connectivity index (χ2n) is 13.7. The predicted octanol–water partition coefficient (Wildman–Crippen LogP) is 5.32. The number of para-hydroxylation sites is 1. The molecule has 0 spiro atoms. The molecule has 2 N–H and O–H groups in total. The van der Waals surface area contributed by atoms with Gasteiger partial charge in [-0.05, 0) is 38.3 Å². The average Bonchev–Trinajstić information content (AvgIpc) is 3.46. The number of ether oxygens (including phenoxy) is 2. The maximum absolute atomic E-state index is 13.8. The molecule has 1 aliphatic rings. The van der Waals surface area contributed by atoms with Gasteiger partial charge < -0.3 is 24.8 Å². The van der Waals surface area contributed by atoms with Crippen molar-refractivity contribution in [3.63, 3.8) is 0 Å². The van der Waals surface area contributed by atoms with Crippen molar-refractivity contribution in [1.29, 1.82) is 0 Å². The maximum Gasteiger partial charge on any atom is 0.227 e. The molecule has 0 radical (unpaired) electrons. The Balaban J connectivity index is 1.40. The summed E-state index contributed by atoms with van der Waals surface area (Å²) in [6.07, 6.45) is 0.228. The van der Waals surface area contributed by atoms with Gasteiger partial charge in [-0.15, -0.1) is 5.10 Å². The van der Waals surface area contributed by atoms with E-state index in [1.165, 1.54) is 11.8 Å². The van der Waals surface area contributed by atoms with Gasteiger partial charge in [0.1, 0.15) is 17.2 Å². The number of aliphatic hydroxyl groups is 1. The summed E-state index contributed by atoms with van der Waals surface area (Å²) < 4.78 is 12.7. The Hall–Kier alpha value is -3.93. The van der Waals surface area contributed by atoms with Crippen molar-refractivity contribution in [3.05, 3.63) is 54.1 Å². The molecule has 0 saturated carbocycles. The fraction of sp³-hybridized carbons (Fsp3) is 0.528. The van der Waals surface area contributed by atoms with Crippen LogP contribution in [0.4, 0.5) is 5.69 Å². The number of carbonyl (C=O) groups excluding carboxylic acids is 3. The number of ketones is 1. The van der Waals surface area contributed by atoms with E-state index < -0.39 is 17.2 Å². The lowest BCUT2D eigenvalue weighted by Gasteiger charge is -2.30. The summed E-state index contributed by atoms with van der Waals surface area (Å²) in [5.74, 6) is -0.207. The minimum atomic E-state index is -1.04. The van der Waals surface area contributed by atoms with Crippen LogP contribution >= 0.6 is 0 Å². The molecular weight excluding hydrogens is 598 g/mol. The van der Waals surface area contributed by atoms with Crippen LogP contribution in [0.1, 0.15) is 79.0 Å². The van der Waals surface area contributed by atoms with Crippen molar-refractivity contribution in [2.75, 3.05) is 31.8 Å². The summed E-state index contributed by atoms with van der Waals surface area (Å²) in [5.41, 5.74) is 3.25. The molecule has 0 fully saturated rings. The van der Waals surface area contributed by atoms with Gasteiger partial charge in [0.05, 0.1) is 24.4 Å². The quantitative estimate of drug-likeness (QED) is 0.226. The van der Waals surface area contributed by atoms with Gasteiger partial charge in [0, 0.05) is 55.6 Å². The standard InChI is InChI=1S/C36H49N5O6/c1-24(2)34(45)35(3,4)19-21-47-36(5,6)18-20-37-29(42)16-17-30(43)40-22-25-12-8-9-13-26(25)33-32(27-14-10-11-15-28(27)40)38-39-41(33)31(44)23-46-7/h8-15,24,31,44H,16-23H2,1-7H3,(H,37,42). The van der Waals surface area contributed by atoms with E-state index >= 15 is 0 Å². The second kappa shape index (κ2) is 15.3. The minimum Gasteiger partial charge on any atom is -0.380 e. The molecule has 47 heavy (non-hydrogen) atoms. The Morgan fingerprint density at radius 2 is 1.66 bits per heavy atom. The predicted molar refractivity (Wildman–Crippen MR) is 180 cm³/mol. The molecular formula is C36H49N5O6. The number of methoxy groups -OCH3 is 1. The van der Waals surface area contributed by atoms with E-state index in [4.69, 9.17) is 9.47 Å². The number of anilines is 1.